The van der Waals surface area contributed by atoms with Gasteiger partial charge in [0.1, 0.15) is 11.6 Å². The highest BCUT2D eigenvalue weighted by Gasteiger charge is 2.21. The average molecular weight is 277 g/mol. The van der Waals surface area contributed by atoms with Gasteiger partial charge in [-0.25, -0.2) is 4.39 Å². The van der Waals surface area contributed by atoms with Crippen LogP contribution in [-0.4, -0.2) is 23.2 Å². The minimum Gasteiger partial charge on any atom is -0.485 e. The first-order valence-electron chi connectivity index (χ1n) is 6.73. The van der Waals surface area contributed by atoms with Gasteiger partial charge in [-0.1, -0.05) is 11.2 Å². The molecule has 1 N–H and O–H groups in total. The minimum atomic E-state index is -0.328. The number of rotatable bonds is 4. The van der Waals surface area contributed by atoms with Crippen LogP contribution >= 0.6 is 0 Å². The molecule has 6 heteroatoms. The van der Waals surface area contributed by atoms with E-state index in [-0.39, 0.29) is 12.4 Å². The lowest BCUT2D eigenvalue weighted by Crippen LogP contribution is -2.26. The van der Waals surface area contributed by atoms with Crippen LogP contribution in [0.5, 0.6) is 5.75 Å². The van der Waals surface area contributed by atoms with Gasteiger partial charge in [-0.05, 0) is 38.1 Å². The van der Waals surface area contributed by atoms with Crippen molar-refractivity contribution in [2.24, 2.45) is 0 Å². The molecule has 0 amide bonds. The lowest BCUT2D eigenvalue weighted by Gasteiger charge is -2.18. The first-order chi connectivity index (χ1) is 9.81. The normalized spacial score (nSPS) is 16.2. The highest BCUT2D eigenvalue weighted by Crippen LogP contribution is 2.23. The van der Waals surface area contributed by atoms with Crippen LogP contribution in [0.2, 0.25) is 0 Å². The minimum absolute atomic E-state index is 0.178. The van der Waals surface area contributed by atoms with E-state index in [4.69, 9.17) is 9.26 Å². The molecule has 0 spiro atoms. The van der Waals surface area contributed by atoms with Gasteiger partial charge in [0.05, 0.1) is 0 Å². The molecule has 0 radical (unpaired) electrons. The largest absolute Gasteiger partial charge is 0.485 e. The van der Waals surface area contributed by atoms with E-state index in [9.17, 15) is 4.39 Å². The number of aromatic nitrogens is 2. The zero-order valence-electron chi connectivity index (χ0n) is 11.0. The van der Waals surface area contributed by atoms with Crippen molar-refractivity contribution in [3.05, 3.63) is 41.8 Å². The maximum Gasteiger partial charge on any atom is 0.229 e. The molecule has 5 nitrogen and oxygen atoms in total. The monoisotopic (exact) mass is 277 g/mol. The van der Waals surface area contributed by atoms with Crippen molar-refractivity contribution in [3.8, 4) is 5.75 Å². The maximum absolute atomic E-state index is 13.0. The SMILES string of the molecule is Fc1cccc(OCc2noc(C3CCNCC3)n2)c1. The van der Waals surface area contributed by atoms with E-state index < -0.39 is 0 Å². The van der Waals surface area contributed by atoms with Crippen LogP contribution in [0.3, 0.4) is 0 Å². The highest BCUT2D eigenvalue weighted by molar-refractivity contribution is 5.22. The molecule has 0 atom stereocenters. The van der Waals surface area contributed by atoms with Gasteiger partial charge >= 0.3 is 0 Å². The molecule has 1 aromatic carbocycles. The van der Waals surface area contributed by atoms with Crippen molar-refractivity contribution >= 4 is 0 Å². The Morgan fingerprint density at radius 3 is 3.00 bits per heavy atom. The standard InChI is InChI=1S/C14H16FN3O2/c15-11-2-1-3-12(8-11)19-9-13-17-14(20-18-13)10-4-6-16-7-5-10/h1-3,8,10,16H,4-7,9H2. The molecule has 0 saturated carbocycles. The number of ether oxygens (including phenoxy) is 1. The van der Waals surface area contributed by atoms with Crippen LogP contribution in [0, 0.1) is 5.82 Å². The topological polar surface area (TPSA) is 60.2 Å². The molecule has 2 heterocycles. The van der Waals surface area contributed by atoms with Crippen LogP contribution in [0.25, 0.3) is 0 Å². The van der Waals surface area contributed by atoms with Crippen molar-refractivity contribution in [2.75, 3.05) is 13.1 Å². The van der Waals surface area contributed by atoms with Crippen molar-refractivity contribution in [3.63, 3.8) is 0 Å². The van der Waals surface area contributed by atoms with Gasteiger partial charge < -0.3 is 14.6 Å². The number of halogens is 1. The lowest BCUT2D eigenvalue weighted by molar-refractivity contribution is 0.280. The van der Waals surface area contributed by atoms with Crippen molar-refractivity contribution in [1.82, 2.24) is 15.5 Å². The van der Waals surface area contributed by atoms with Crippen molar-refractivity contribution in [2.45, 2.75) is 25.4 Å². The van der Waals surface area contributed by atoms with E-state index in [1.165, 1.54) is 12.1 Å². The van der Waals surface area contributed by atoms with Gasteiger partial charge in [-0.2, -0.15) is 4.98 Å². The number of nitrogens with one attached hydrogen (secondary N) is 1. The molecule has 1 aromatic heterocycles. The molecule has 1 aliphatic rings. The Hall–Kier alpha value is -1.95. The molecule has 1 aliphatic heterocycles. The second kappa shape index (κ2) is 6.00. The Kier molecular flexibility index (Phi) is 3.92. The summed E-state index contributed by atoms with van der Waals surface area (Å²) in [5.74, 6) is 1.61. The van der Waals surface area contributed by atoms with Crippen LogP contribution in [-0.2, 0) is 6.61 Å². The summed E-state index contributed by atoms with van der Waals surface area (Å²) < 4.78 is 23.7. The summed E-state index contributed by atoms with van der Waals surface area (Å²) in [4.78, 5) is 4.35. The third-order valence-electron chi connectivity index (χ3n) is 3.34. The molecular weight excluding hydrogens is 261 g/mol. The Balaban J connectivity index is 1.59. The van der Waals surface area contributed by atoms with Gasteiger partial charge in [-0.3, -0.25) is 0 Å². The van der Waals surface area contributed by atoms with Gasteiger partial charge in [0.2, 0.25) is 11.7 Å². The first kappa shape index (κ1) is 13.1. The summed E-state index contributed by atoms with van der Waals surface area (Å²) in [6.45, 7) is 2.13. The molecule has 1 fully saturated rings. The molecule has 106 valence electrons. The number of hydrogen-bond acceptors (Lipinski definition) is 5. The third kappa shape index (κ3) is 3.14. The maximum atomic E-state index is 13.0. The summed E-state index contributed by atoms with van der Waals surface area (Å²) in [6.07, 6.45) is 2.01. The smallest absolute Gasteiger partial charge is 0.229 e. The zero-order chi connectivity index (χ0) is 13.8. The predicted octanol–water partition coefficient (Wildman–Crippen LogP) is 2.25. The fourth-order valence-electron chi connectivity index (χ4n) is 2.27. The zero-order valence-corrected chi connectivity index (χ0v) is 11.0. The number of nitrogens with zero attached hydrogens (tertiary/aromatic N) is 2. The van der Waals surface area contributed by atoms with Crippen LogP contribution in [0.1, 0.15) is 30.5 Å². The Morgan fingerprint density at radius 2 is 2.20 bits per heavy atom. The molecular formula is C14H16FN3O2. The quantitative estimate of drug-likeness (QED) is 0.928. The van der Waals surface area contributed by atoms with Gasteiger partial charge in [0.15, 0.2) is 6.61 Å². The fourth-order valence-corrected chi connectivity index (χ4v) is 2.27. The lowest BCUT2D eigenvalue weighted by atomic mass is 9.98. The summed E-state index contributed by atoms with van der Waals surface area (Å²) in [5, 5.41) is 7.20. The van der Waals surface area contributed by atoms with Crippen LogP contribution in [0.4, 0.5) is 4.39 Å². The van der Waals surface area contributed by atoms with Gasteiger partial charge in [-0.15, -0.1) is 0 Å². The molecule has 20 heavy (non-hydrogen) atoms. The van der Waals surface area contributed by atoms with Gasteiger partial charge in [0.25, 0.3) is 0 Å². The first-order valence-corrected chi connectivity index (χ1v) is 6.73. The van der Waals surface area contributed by atoms with Crippen LogP contribution in [0.15, 0.2) is 28.8 Å². The summed E-state index contributed by atoms with van der Waals surface area (Å²) in [5.41, 5.74) is 0. The number of benzene rings is 1. The molecule has 0 aliphatic carbocycles. The molecule has 0 unspecified atom stereocenters. The Labute approximate surface area is 116 Å². The Morgan fingerprint density at radius 1 is 1.35 bits per heavy atom. The second-order valence-electron chi connectivity index (χ2n) is 4.82. The highest BCUT2D eigenvalue weighted by atomic mass is 19.1. The number of piperidine rings is 1. The molecule has 3 rings (SSSR count). The molecule has 0 bridgehead atoms. The van der Waals surface area contributed by atoms with Crippen molar-refractivity contribution in [1.29, 1.82) is 0 Å². The van der Waals surface area contributed by atoms with E-state index in [1.807, 2.05) is 0 Å². The van der Waals surface area contributed by atoms with Gasteiger partial charge in [0, 0.05) is 12.0 Å². The van der Waals surface area contributed by atoms with E-state index in [0.717, 1.165) is 25.9 Å². The fraction of sp³-hybridized carbons (Fsp3) is 0.429. The molecule has 1 saturated heterocycles. The van der Waals surface area contributed by atoms with Crippen molar-refractivity contribution < 1.29 is 13.7 Å². The van der Waals surface area contributed by atoms with Crippen LogP contribution < -0.4 is 10.1 Å². The average Bonchev–Trinajstić information content (AvgIpc) is 2.95. The predicted molar refractivity (Wildman–Crippen MR) is 69.9 cm³/mol. The van der Waals surface area contributed by atoms with E-state index in [2.05, 4.69) is 15.5 Å². The van der Waals surface area contributed by atoms with E-state index in [0.29, 0.717) is 23.4 Å². The Bertz CT molecular complexity index is 567. The molecule has 2 aromatic rings. The summed E-state index contributed by atoms with van der Waals surface area (Å²) in [6, 6.07) is 5.99. The summed E-state index contributed by atoms with van der Waals surface area (Å²) in [7, 11) is 0. The number of hydrogen-bond donors (Lipinski definition) is 1. The van der Waals surface area contributed by atoms with E-state index in [1.54, 1.807) is 12.1 Å². The summed E-state index contributed by atoms with van der Waals surface area (Å²) >= 11 is 0. The third-order valence-corrected chi connectivity index (χ3v) is 3.34. The van der Waals surface area contributed by atoms with E-state index >= 15 is 0 Å². The second-order valence-corrected chi connectivity index (χ2v) is 4.82.